The van der Waals surface area contributed by atoms with Crippen LogP contribution in [0.1, 0.15) is 40.0 Å². The van der Waals surface area contributed by atoms with E-state index in [-0.39, 0.29) is 17.9 Å². The topological polar surface area (TPSA) is 52.6 Å². The van der Waals surface area contributed by atoms with Crippen LogP contribution in [0.15, 0.2) is 0 Å². The third-order valence-electron chi connectivity index (χ3n) is 3.35. The maximum absolute atomic E-state index is 12.1. The fraction of sp³-hybridized carbons (Fsp3) is 0.923. The van der Waals surface area contributed by atoms with E-state index in [0.717, 1.165) is 32.4 Å². The molecule has 0 radical (unpaired) electrons. The van der Waals surface area contributed by atoms with Gasteiger partial charge in [0.2, 0.25) is 5.91 Å². The summed E-state index contributed by atoms with van der Waals surface area (Å²) in [6.45, 7) is 8.20. The lowest BCUT2D eigenvalue weighted by Gasteiger charge is -2.34. The highest BCUT2D eigenvalue weighted by Gasteiger charge is 2.29. The molecule has 2 atom stereocenters. The largest absolute Gasteiger partial charge is 0.391 e. The fourth-order valence-electron chi connectivity index (χ4n) is 2.07. The van der Waals surface area contributed by atoms with Crippen molar-refractivity contribution in [3.05, 3.63) is 0 Å². The SMILES string of the molecule is CCCNC1CCCN(CC(O)C(C)C)C1=O. The van der Waals surface area contributed by atoms with Crippen molar-refractivity contribution in [3.8, 4) is 0 Å². The Morgan fingerprint density at radius 3 is 2.82 bits per heavy atom. The van der Waals surface area contributed by atoms with E-state index in [0.29, 0.717) is 6.54 Å². The fourth-order valence-corrected chi connectivity index (χ4v) is 2.07. The molecule has 1 rings (SSSR count). The van der Waals surface area contributed by atoms with Gasteiger partial charge >= 0.3 is 0 Å². The number of aliphatic hydroxyl groups is 1. The Morgan fingerprint density at radius 2 is 2.24 bits per heavy atom. The molecular formula is C13H26N2O2. The lowest BCUT2D eigenvalue weighted by molar-refractivity contribution is -0.137. The number of aliphatic hydroxyl groups excluding tert-OH is 1. The molecule has 100 valence electrons. The number of hydrogen-bond acceptors (Lipinski definition) is 3. The standard InChI is InChI=1S/C13H26N2O2/c1-4-7-14-11-6-5-8-15(13(11)17)9-12(16)10(2)3/h10-12,14,16H,4-9H2,1-3H3. The summed E-state index contributed by atoms with van der Waals surface area (Å²) in [6.07, 6.45) is 2.58. The quantitative estimate of drug-likeness (QED) is 0.730. The lowest BCUT2D eigenvalue weighted by Crippen LogP contribution is -2.53. The molecule has 0 aromatic heterocycles. The van der Waals surface area contributed by atoms with E-state index < -0.39 is 6.10 Å². The molecule has 2 N–H and O–H groups in total. The molecule has 17 heavy (non-hydrogen) atoms. The second-order valence-electron chi connectivity index (χ2n) is 5.24. The van der Waals surface area contributed by atoms with E-state index in [1.54, 1.807) is 0 Å². The minimum atomic E-state index is -0.413. The van der Waals surface area contributed by atoms with Gasteiger partial charge in [0, 0.05) is 13.1 Å². The molecule has 0 aromatic rings. The summed E-state index contributed by atoms with van der Waals surface area (Å²) >= 11 is 0. The van der Waals surface area contributed by atoms with Crippen LogP contribution in [0.4, 0.5) is 0 Å². The molecule has 1 fully saturated rings. The smallest absolute Gasteiger partial charge is 0.239 e. The molecule has 0 saturated carbocycles. The molecule has 4 heteroatoms. The zero-order chi connectivity index (χ0) is 12.8. The molecule has 1 aliphatic heterocycles. The summed E-state index contributed by atoms with van der Waals surface area (Å²) in [5.74, 6) is 0.358. The molecule has 1 amide bonds. The molecule has 0 aromatic carbocycles. The molecular weight excluding hydrogens is 216 g/mol. The predicted octanol–water partition coefficient (Wildman–Crippen LogP) is 0.994. The van der Waals surface area contributed by atoms with Crippen LogP contribution in [0.25, 0.3) is 0 Å². The monoisotopic (exact) mass is 242 g/mol. The first-order valence-electron chi connectivity index (χ1n) is 6.76. The summed E-state index contributed by atoms with van der Waals surface area (Å²) in [5, 5.41) is 13.1. The maximum Gasteiger partial charge on any atom is 0.239 e. The molecule has 0 spiro atoms. The average molecular weight is 242 g/mol. The minimum absolute atomic E-state index is 0.0388. The molecule has 1 aliphatic rings. The first-order chi connectivity index (χ1) is 8.06. The zero-order valence-electron chi connectivity index (χ0n) is 11.3. The van der Waals surface area contributed by atoms with Gasteiger partial charge in [-0.05, 0) is 31.7 Å². The van der Waals surface area contributed by atoms with Crippen LogP contribution < -0.4 is 5.32 Å². The second-order valence-corrected chi connectivity index (χ2v) is 5.24. The van der Waals surface area contributed by atoms with E-state index >= 15 is 0 Å². The summed E-state index contributed by atoms with van der Waals surface area (Å²) in [4.78, 5) is 13.9. The van der Waals surface area contributed by atoms with E-state index in [4.69, 9.17) is 0 Å². The van der Waals surface area contributed by atoms with Gasteiger partial charge in [0.1, 0.15) is 0 Å². The molecule has 0 bridgehead atoms. The van der Waals surface area contributed by atoms with Gasteiger partial charge in [-0.15, -0.1) is 0 Å². The number of rotatable bonds is 6. The molecule has 2 unspecified atom stereocenters. The van der Waals surface area contributed by atoms with Crippen molar-refractivity contribution in [2.75, 3.05) is 19.6 Å². The summed E-state index contributed by atoms with van der Waals surface area (Å²) in [6, 6.07) is -0.0388. The van der Waals surface area contributed by atoms with Crippen molar-refractivity contribution in [2.45, 2.75) is 52.2 Å². The number of carbonyl (C=O) groups excluding carboxylic acids is 1. The Kier molecular flexibility index (Phi) is 5.92. The van der Waals surface area contributed by atoms with Crippen LogP contribution in [0, 0.1) is 5.92 Å². The van der Waals surface area contributed by atoms with Gasteiger partial charge in [0.25, 0.3) is 0 Å². The van der Waals surface area contributed by atoms with Gasteiger partial charge in [0.05, 0.1) is 12.1 Å². The normalized spacial score (nSPS) is 23.2. The van der Waals surface area contributed by atoms with Crippen molar-refractivity contribution < 1.29 is 9.90 Å². The first-order valence-corrected chi connectivity index (χ1v) is 6.76. The van der Waals surface area contributed by atoms with Crippen molar-refractivity contribution in [2.24, 2.45) is 5.92 Å². The zero-order valence-corrected chi connectivity index (χ0v) is 11.3. The van der Waals surface area contributed by atoms with E-state index in [9.17, 15) is 9.90 Å². The van der Waals surface area contributed by atoms with Gasteiger partial charge in [0.15, 0.2) is 0 Å². The number of nitrogens with zero attached hydrogens (tertiary/aromatic N) is 1. The third kappa shape index (κ3) is 4.28. The average Bonchev–Trinajstić information content (AvgIpc) is 2.30. The van der Waals surface area contributed by atoms with E-state index in [1.807, 2.05) is 18.7 Å². The third-order valence-corrected chi connectivity index (χ3v) is 3.35. The van der Waals surface area contributed by atoms with E-state index in [2.05, 4.69) is 12.2 Å². The van der Waals surface area contributed by atoms with Gasteiger partial charge in [-0.2, -0.15) is 0 Å². The number of hydrogen-bond donors (Lipinski definition) is 2. The van der Waals surface area contributed by atoms with Gasteiger partial charge in [-0.3, -0.25) is 4.79 Å². The van der Waals surface area contributed by atoms with Crippen LogP contribution in [0.3, 0.4) is 0 Å². The minimum Gasteiger partial charge on any atom is -0.391 e. The Bertz CT molecular complexity index is 244. The molecule has 4 nitrogen and oxygen atoms in total. The van der Waals surface area contributed by atoms with Gasteiger partial charge in [-0.25, -0.2) is 0 Å². The van der Waals surface area contributed by atoms with E-state index in [1.165, 1.54) is 0 Å². The van der Waals surface area contributed by atoms with Crippen LogP contribution in [-0.4, -0.2) is 47.7 Å². The molecule has 1 saturated heterocycles. The number of piperidine rings is 1. The van der Waals surface area contributed by atoms with Crippen molar-refractivity contribution in [3.63, 3.8) is 0 Å². The summed E-state index contributed by atoms with van der Waals surface area (Å²) in [5.41, 5.74) is 0. The van der Waals surface area contributed by atoms with Crippen LogP contribution >= 0.6 is 0 Å². The first kappa shape index (κ1) is 14.5. The summed E-state index contributed by atoms with van der Waals surface area (Å²) in [7, 11) is 0. The van der Waals surface area contributed by atoms with Crippen LogP contribution in [0.2, 0.25) is 0 Å². The Hall–Kier alpha value is -0.610. The number of nitrogens with one attached hydrogen (secondary N) is 1. The second kappa shape index (κ2) is 6.97. The van der Waals surface area contributed by atoms with Gasteiger partial charge < -0.3 is 15.3 Å². The van der Waals surface area contributed by atoms with Crippen LogP contribution in [0.5, 0.6) is 0 Å². The Balaban J connectivity index is 2.47. The van der Waals surface area contributed by atoms with Gasteiger partial charge in [-0.1, -0.05) is 20.8 Å². The number of β-amino-alcohol motifs (C(OH)–C–C–N with tert-alkyl or cyclic N) is 1. The summed E-state index contributed by atoms with van der Waals surface area (Å²) < 4.78 is 0. The van der Waals surface area contributed by atoms with Crippen LogP contribution in [-0.2, 0) is 4.79 Å². The highest BCUT2D eigenvalue weighted by molar-refractivity contribution is 5.82. The molecule has 1 heterocycles. The number of amides is 1. The Labute approximate surface area is 104 Å². The van der Waals surface area contributed by atoms with Crippen molar-refractivity contribution in [1.82, 2.24) is 10.2 Å². The van der Waals surface area contributed by atoms with Crippen molar-refractivity contribution in [1.29, 1.82) is 0 Å². The molecule has 0 aliphatic carbocycles. The maximum atomic E-state index is 12.1. The Morgan fingerprint density at radius 1 is 1.53 bits per heavy atom. The number of carbonyl (C=O) groups is 1. The lowest BCUT2D eigenvalue weighted by atomic mass is 10.0. The highest BCUT2D eigenvalue weighted by Crippen LogP contribution is 2.14. The van der Waals surface area contributed by atoms with Crippen molar-refractivity contribution >= 4 is 5.91 Å². The highest BCUT2D eigenvalue weighted by atomic mass is 16.3. The predicted molar refractivity (Wildman–Crippen MR) is 68.7 cm³/mol. The number of likely N-dealkylation sites (tertiary alicyclic amines) is 1.